The molecule has 0 bridgehead atoms. The van der Waals surface area contributed by atoms with Crippen LogP contribution in [-0.4, -0.2) is 46.2 Å². The van der Waals surface area contributed by atoms with Crippen molar-refractivity contribution in [2.75, 3.05) is 20.3 Å². The van der Waals surface area contributed by atoms with Crippen molar-refractivity contribution in [2.24, 2.45) is 0 Å². The summed E-state index contributed by atoms with van der Waals surface area (Å²) in [5.41, 5.74) is -0.238. The second-order valence-electron chi connectivity index (χ2n) is 4.70. The van der Waals surface area contributed by atoms with Gasteiger partial charge in [0.05, 0.1) is 5.25 Å². The molecule has 8 heteroatoms. The van der Waals surface area contributed by atoms with Crippen molar-refractivity contribution >= 4 is 17.7 Å². The normalized spacial score (nSPS) is 19.6. The summed E-state index contributed by atoms with van der Waals surface area (Å²) in [5, 5.41) is 9.76. The van der Waals surface area contributed by atoms with Crippen LogP contribution >= 0.6 is 11.8 Å². The molecule has 20 heavy (non-hydrogen) atoms. The molecular weight excluding hydrogens is 280 g/mol. The number of thioether (sulfide) groups is 1. The fourth-order valence-electron chi connectivity index (χ4n) is 2.11. The van der Waals surface area contributed by atoms with Crippen LogP contribution in [0.25, 0.3) is 0 Å². The van der Waals surface area contributed by atoms with Crippen molar-refractivity contribution in [2.45, 2.75) is 42.6 Å². The Morgan fingerprint density at radius 3 is 3.10 bits per heavy atom. The fraction of sp³-hybridized carbons (Fsp3) is 0.750. The zero-order valence-electron chi connectivity index (χ0n) is 11.6. The topological polar surface area (TPSA) is 89.0 Å². The van der Waals surface area contributed by atoms with Crippen molar-refractivity contribution < 1.29 is 9.53 Å². The van der Waals surface area contributed by atoms with Gasteiger partial charge in [-0.2, -0.15) is 0 Å². The van der Waals surface area contributed by atoms with Gasteiger partial charge < -0.3 is 10.1 Å². The molecule has 1 unspecified atom stereocenters. The van der Waals surface area contributed by atoms with E-state index in [1.807, 2.05) is 0 Å². The van der Waals surface area contributed by atoms with Gasteiger partial charge in [0.15, 0.2) is 5.16 Å². The van der Waals surface area contributed by atoms with E-state index < -0.39 is 0 Å². The lowest BCUT2D eigenvalue weighted by Crippen LogP contribution is -2.31. The van der Waals surface area contributed by atoms with E-state index in [-0.39, 0.29) is 16.8 Å². The number of carbonyl (C=O) groups excluding carboxylic acids is 1. The van der Waals surface area contributed by atoms with Gasteiger partial charge in [0, 0.05) is 26.8 Å². The van der Waals surface area contributed by atoms with Crippen LogP contribution < -0.4 is 11.0 Å². The minimum absolute atomic E-state index is 0.0337. The Balaban J connectivity index is 2.04. The van der Waals surface area contributed by atoms with Crippen LogP contribution in [-0.2, 0) is 16.1 Å². The van der Waals surface area contributed by atoms with Gasteiger partial charge in [-0.15, -0.1) is 5.10 Å². The maximum absolute atomic E-state index is 11.9. The van der Waals surface area contributed by atoms with Gasteiger partial charge in [-0.1, -0.05) is 18.2 Å². The SMILES string of the molecule is COCCCn1c(SC2CCCCNC2=O)n[nH]c1=O. The highest BCUT2D eigenvalue weighted by atomic mass is 32.2. The average Bonchev–Trinajstić information content (AvgIpc) is 2.65. The Labute approximate surface area is 121 Å². The zero-order valence-corrected chi connectivity index (χ0v) is 12.4. The number of rotatable bonds is 6. The molecule has 1 atom stereocenters. The number of carbonyl (C=O) groups is 1. The molecule has 2 N–H and O–H groups in total. The summed E-state index contributed by atoms with van der Waals surface area (Å²) in [6.07, 6.45) is 3.56. The number of amides is 1. The third kappa shape index (κ3) is 3.86. The first-order valence-electron chi connectivity index (χ1n) is 6.81. The Hall–Kier alpha value is -1.28. The Kier molecular flexibility index (Phi) is 5.66. The van der Waals surface area contributed by atoms with Crippen molar-refractivity contribution in [1.29, 1.82) is 0 Å². The second-order valence-corrected chi connectivity index (χ2v) is 5.87. The number of hydrogen-bond donors (Lipinski definition) is 2. The highest BCUT2D eigenvalue weighted by molar-refractivity contribution is 8.00. The van der Waals surface area contributed by atoms with Crippen molar-refractivity contribution in [3.8, 4) is 0 Å². The monoisotopic (exact) mass is 300 g/mol. The zero-order chi connectivity index (χ0) is 14.4. The second kappa shape index (κ2) is 7.49. The molecule has 1 fully saturated rings. The molecule has 1 amide bonds. The van der Waals surface area contributed by atoms with Gasteiger partial charge in [-0.3, -0.25) is 9.36 Å². The van der Waals surface area contributed by atoms with Gasteiger partial charge in [0.25, 0.3) is 0 Å². The molecule has 1 saturated heterocycles. The molecule has 0 spiro atoms. The molecular formula is C12H20N4O3S. The Bertz CT molecular complexity index is 499. The number of methoxy groups -OCH3 is 1. The molecule has 0 radical (unpaired) electrons. The predicted octanol–water partition coefficient (Wildman–Crippen LogP) is 0.369. The highest BCUT2D eigenvalue weighted by Crippen LogP contribution is 2.25. The quantitative estimate of drug-likeness (QED) is 0.741. The van der Waals surface area contributed by atoms with Crippen LogP contribution in [0.2, 0.25) is 0 Å². The van der Waals surface area contributed by atoms with Gasteiger partial charge in [-0.25, -0.2) is 9.89 Å². The Morgan fingerprint density at radius 2 is 2.30 bits per heavy atom. The van der Waals surface area contributed by atoms with E-state index in [1.54, 1.807) is 11.7 Å². The van der Waals surface area contributed by atoms with E-state index in [9.17, 15) is 9.59 Å². The average molecular weight is 300 g/mol. The summed E-state index contributed by atoms with van der Waals surface area (Å²) >= 11 is 1.36. The summed E-state index contributed by atoms with van der Waals surface area (Å²) in [6, 6.07) is 0. The third-order valence-corrected chi connectivity index (χ3v) is 4.44. The number of aromatic nitrogens is 3. The van der Waals surface area contributed by atoms with Crippen LogP contribution in [0.1, 0.15) is 25.7 Å². The van der Waals surface area contributed by atoms with E-state index in [0.717, 1.165) is 32.2 Å². The van der Waals surface area contributed by atoms with Crippen LogP contribution in [0.15, 0.2) is 9.95 Å². The number of hydrogen-bond acceptors (Lipinski definition) is 5. The molecule has 1 aromatic rings. The standard InChI is InChI=1S/C12H20N4O3S/c1-19-8-4-7-16-11(18)14-15-12(16)20-9-5-2-3-6-13-10(9)17/h9H,2-8H2,1H3,(H,13,17)(H,14,18). The molecule has 2 rings (SSSR count). The lowest BCUT2D eigenvalue weighted by Gasteiger charge is -2.12. The van der Waals surface area contributed by atoms with Crippen molar-refractivity contribution in [1.82, 2.24) is 20.1 Å². The third-order valence-electron chi connectivity index (χ3n) is 3.19. The number of nitrogens with one attached hydrogen (secondary N) is 2. The highest BCUT2D eigenvalue weighted by Gasteiger charge is 2.24. The van der Waals surface area contributed by atoms with E-state index >= 15 is 0 Å². The largest absolute Gasteiger partial charge is 0.385 e. The predicted molar refractivity (Wildman–Crippen MR) is 75.8 cm³/mol. The van der Waals surface area contributed by atoms with E-state index in [0.29, 0.717) is 18.3 Å². The molecule has 7 nitrogen and oxygen atoms in total. The summed E-state index contributed by atoms with van der Waals surface area (Å²) in [6.45, 7) is 1.86. The molecule has 0 aromatic carbocycles. The fourth-order valence-corrected chi connectivity index (χ4v) is 3.24. The van der Waals surface area contributed by atoms with Crippen molar-refractivity contribution in [3.05, 3.63) is 10.5 Å². The van der Waals surface area contributed by atoms with Gasteiger partial charge in [0.2, 0.25) is 5.91 Å². The van der Waals surface area contributed by atoms with Crippen LogP contribution in [0.5, 0.6) is 0 Å². The first kappa shape index (κ1) is 15.1. The number of nitrogens with zero attached hydrogens (tertiary/aromatic N) is 2. The van der Waals surface area contributed by atoms with E-state index in [1.165, 1.54) is 11.8 Å². The molecule has 0 saturated carbocycles. The molecule has 0 aliphatic carbocycles. The lowest BCUT2D eigenvalue weighted by atomic mass is 10.2. The lowest BCUT2D eigenvalue weighted by molar-refractivity contribution is -0.120. The summed E-state index contributed by atoms with van der Waals surface area (Å²) in [7, 11) is 1.63. The van der Waals surface area contributed by atoms with Crippen LogP contribution in [0.3, 0.4) is 0 Å². The maximum Gasteiger partial charge on any atom is 0.343 e. The van der Waals surface area contributed by atoms with Gasteiger partial charge >= 0.3 is 5.69 Å². The minimum Gasteiger partial charge on any atom is -0.385 e. The first-order valence-corrected chi connectivity index (χ1v) is 7.69. The molecule has 1 aliphatic heterocycles. The minimum atomic E-state index is -0.238. The smallest absolute Gasteiger partial charge is 0.343 e. The van der Waals surface area contributed by atoms with Crippen LogP contribution in [0.4, 0.5) is 0 Å². The maximum atomic E-state index is 11.9. The first-order chi connectivity index (χ1) is 9.72. The number of H-pyrrole nitrogens is 1. The number of ether oxygens (including phenoxy) is 1. The van der Waals surface area contributed by atoms with Crippen molar-refractivity contribution in [3.63, 3.8) is 0 Å². The summed E-state index contributed by atoms with van der Waals surface area (Å²) in [5.74, 6) is 0.0337. The summed E-state index contributed by atoms with van der Waals surface area (Å²) in [4.78, 5) is 23.6. The molecule has 1 aliphatic rings. The van der Waals surface area contributed by atoms with E-state index in [2.05, 4.69) is 15.5 Å². The van der Waals surface area contributed by atoms with Crippen LogP contribution in [0, 0.1) is 0 Å². The molecule has 2 heterocycles. The number of aromatic amines is 1. The summed E-state index contributed by atoms with van der Waals surface area (Å²) < 4.78 is 6.56. The molecule has 112 valence electrons. The molecule has 1 aromatic heterocycles. The van der Waals surface area contributed by atoms with E-state index in [4.69, 9.17) is 4.74 Å². The van der Waals surface area contributed by atoms with Gasteiger partial charge in [-0.05, 0) is 19.3 Å². The van der Waals surface area contributed by atoms with Gasteiger partial charge in [0.1, 0.15) is 0 Å². The Morgan fingerprint density at radius 1 is 1.45 bits per heavy atom.